The van der Waals surface area contributed by atoms with Crippen molar-refractivity contribution in [1.29, 1.82) is 0 Å². The Morgan fingerprint density at radius 3 is 2.26 bits per heavy atom. The Bertz CT molecular complexity index is 953. The quantitative estimate of drug-likeness (QED) is 0.612. The molecule has 5 heteroatoms. The summed E-state index contributed by atoms with van der Waals surface area (Å²) in [6, 6.07) is 21.9. The maximum atomic E-state index is 12.7. The van der Waals surface area contributed by atoms with Crippen molar-refractivity contribution >= 4 is 29.2 Å². The molecule has 0 saturated carbocycles. The van der Waals surface area contributed by atoms with Crippen molar-refractivity contribution in [3.63, 3.8) is 0 Å². The summed E-state index contributed by atoms with van der Waals surface area (Å²) in [6.45, 7) is 0. The molecule has 4 nitrogen and oxygen atoms in total. The summed E-state index contributed by atoms with van der Waals surface area (Å²) >= 11 is 5.89. The molecule has 0 aliphatic rings. The Morgan fingerprint density at radius 1 is 0.889 bits per heavy atom. The Kier molecular flexibility index (Phi) is 5.89. The van der Waals surface area contributed by atoms with Crippen LogP contribution in [0.5, 0.6) is 0 Å². The van der Waals surface area contributed by atoms with Crippen LogP contribution in [0.25, 0.3) is 11.1 Å². The zero-order valence-corrected chi connectivity index (χ0v) is 15.2. The lowest BCUT2D eigenvalue weighted by atomic mass is 9.97. The number of benzene rings is 3. The summed E-state index contributed by atoms with van der Waals surface area (Å²) in [5.41, 5.74) is 3.68. The summed E-state index contributed by atoms with van der Waals surface area (Å²) in [6.07, 6.45) is 0.314. The van der Waals surface area contributed by atoms with Crippen LogP contribution in [-0.4, -0.2) is 17.0 Å². The minimum atomic E-state index is -0.880. The summed E-state index contributed by atoms with van der Waals surface area (Å²) in [5.74, 6) is -1.15. The Morgan fingerprint density at radius 2 is 1.59 bits per heavy atom. The van der Waals surface area contributed by atoms with Crippen LogP contribution in [-0.2, 0) is 11.2 Å². The van der Waals surface area contributed by atoms with E-state index in [2.05, 4.69) is 5.32 Å². The SMILES string of the molecule is O=C(O)CCc1cccc(-c2ccccc2)c1NC(=O)c1ccc(Cl)cc1. The third-order valence-electron chi connectivity index (χ3n) is 4.19. The van der Waals surface area contributed by atoms with E-state index in [0.29, 0.717) is 22.7 Å². The average molecular weight is 380 g/mol. The van der Waals surface area contributed by atoms with Crippen molar-refractivity contribution in [3.8, 4) is 11.1 Å². The largest absolute Gasteiger partial charge is 0.481 e. The van der Waals surface area contributed by atoms with E-state index < -0.39 is 5.97 Å². The lowest BCUT2D eigenvalue weighted by Crippen LogP contribution is -2.14. The van der Waals surface area contributed by atoms with Gasteiger partial charge in [0.05, 0.1) is 5.69 Å². The molecule has 1 amide bonds. The zero-order valence-electron chi connectivity index (χ0n) is 14.5. The number of rotatable bonds is 6. The summed E-state index contributed by atoms with van der Waals surface area (Å²) in [4.78, 5) is 23.7. The van der Waals surface area contributed by atoms with Crippen LogP contribution in [0.4, 0.5) is 5.69 Å². The second-order valence-corrected chi connectivity index (χ2v) is 6.50. The predicted molar refractivity (Wildman–Crippen MR) is 107 cm³/mol. The Labute approximate surface area is 162 Å². The summed E-state index contributed by atoms with van der Waals surface area (Å²) in [5, 5.41) is 12.6. The highest BCUT2D eigenvalue weighted by atomic mass is 35.5. The van der Waals surface area contributed by atoms with Crippen LogP contribution in [0.2, 0.25) is 5.02 Å². The number of amides is 1. The predicted octanol–water partition coefficient (Wildman–Crippen LogP) is 5.28. The van der Waals surface area contributed by atoms with Gasteiger partial charge in [-0.2, -0.15) is 0 Å². The lowest BCUT2D eigenvalue weighted by Gasteiger charge is -2.16. The van der Waals surface area contributed by atoms with E-state index in [0.717, 1.165) is 16.7 Å². The molecule has 27 heavy (non-hydrogen) atoms. The fraction of sp³-hybridized carbons (Fsp3) is 0.0909. The first-order chi connectivity index (χ1) is 13.0. The third kappa shape index (κ3) is 4.74. The monoisotopic (exact) mass is 379 g/mol. The van der Waals surface area contributed by atoms with Crippen LogP contribution in [0.1, 0.15) is 22.3 Å². The number of halogens is 1. The molecule has 0 fully saturated rings. The van der Waals surface area contributed by atoms with Crippen molar-refractivity contribution in [2.45, 2.75) is 12.8 Å². The van der Waals surface area contributed by atoms with E-state index in [4.69, 9.17) is 16.7 Å². The van der Waals surface area contributed by atoms with E-state index in [1.54, 1.807) is 24.3 Å². The minimum absolute atomic E-state index is 0.0118. The number of nitrogens with one attached hydrogen (secondary N) is 1. The van der Waals surface area contributed by atoms with Gasteiger partial charge in [-0.25, -0.2) is 0 Å². The Balaban J connectivity index is 2.00. The van der Waals surface area contributed by atoms with Crippen LogP contribution < -0.4 is 5.32 Å². The molecule has 0 unspecified atom stereocenters. The van der Waals surface area contributed by atoms with E-state index in [9.17, 15) is 9.59 Å². The van der Waals surface area contributed by atoms with E-state index in [-0.39, 0.29) is 12.3 Å². The van der Waals surface area contributed by atoms with E-state index >= 15 is 0 Å². The van der Waals surface area contributed by atoms with E-state index in [1.807, 2.05) is 48.5 Å². The number of aryl methyl sites for hydroxylation is 1. The standard InChI is InChI=1S/C22H18ClNO3/c23-18-12-9-17(10-13-18)22(27)24-21-16(11-14-20(25)26)7-4-8-19(21)15-5-2-1-3-6-15/h1-10,12-13H,11,14H2,(H,24,27)(H,25,26). The van der Waals surface area contributed by atoms with E-state index in [1.165, 1.54) is 0 Å². The summed E-state index contributed by atoms with van der Waals surface area (Å²) in [7, 11) is 0. The van der Waals surface area contributed by atoms with Gasteiger partial charge in [-0.15, -0.1) is 0 Å². The zero-order chi connectivity index (χ0) is 19.2. The minimum Gasteiger partial charge on any atom is -0.481 e. The molecule has 3 aromatic carbocycles. The maximum absolute atomic E-state index is 12.7. The molecule has 136 valence electrons. The first-order valence-corrected chi connectivity index (χ1v) is 8.88. The molecule has 0 aliphatic carbocycles. The highest BCUT2D eigenvalue weighted by molar-refractivity contribution is 6.30. The molecular formula is C22H18ClNO3. The number of hydrogen-bond donors (Lipinski definition) is 2. The van der Waals surface area contributed by atoms with Crippen molar-refractivity contribution in [3.05, 3.63) is 88.9 Å². The lowest BCUT2D eigenvalue weighted by molar-refractivity contribution is -0.136. The maximum Gasteiger partial charge on any atom is 0.303 e. The molecule has 0 spiro atoms. The van der Waals surface area contributed by atoms with Gasteiger partial charge in [-0.1, -0.05) is 60.1 Å². The van der Waals surface area contributed by atoms with Crippen LogP contribution >= 0.6 is 11.6 Å². The van der Waals surface area contributed by atoms with Gasteiger partial charge in [-0.3, -0.25) is 9.59 Å². The van der Waals surface area contributed by atoms with Crippen molar-refractivity contribution < 1.29 is 14.7 Å². The molecule has 0 radical (unpaired) electrons. The van der Waals surface area contributed by atoms with Gasteiger partial charge in [0.15, 0.2) is 0 Å². The molecule has 0 atom stereocenters. The van der Waals surface area contributed by atoms with Crippen LogP contribution in [0.3, 0.4) is 0 Å². The molecule has 0 aromatic heterocycles. The van der Waals surface area contributed by atoms with Gasteiger partial charge in [0.1, 0.15) is 0 Å². The van der Waals surface area contributed by atoms with Gasteiger partial charge in [0, 0.05) is 22.6 Å². The number of anilines is 1. The molecule has 2 N–H and O–H groups in total. The number of carbonyl (C=O) groups is 2. The molecule has 0 aliphatic heterocycles. The normalized spacial score (nSPS) is 10.4. The fourth-order valence-corrected chi connectivity index (χ4v) is 2.97. The smallest absolute Gasteiger partial charge is 0.303 e. The van der Waals surface area contributed by atoms with Crippen molar-refractivity contribution in [1.82, 2.24) is 0 Å². The molecule has 3 aromatic rings. The number of aliphatic carboxylic acids is 1. The van der Waals surface area contributed by atoms with Crippen LogP contribution in [0, 0.1) is 0 Å². The summed E-state index contributed by atoms with van der Waals surface area (Å²) < 4.78 is 0. The molecule has 0 heterocycles. The van der Waals surface area contributed by atoms with Gasteiger partial charge >= 0.3 is 5.97 Å². The van der Waals surface area contributed by atoms with Gasteiger partial charge in [0.2, 0.25) is 0 Å². The second kappa shape index (κ2) is 8.52. The number of hydrogen-bond acceptors (Lipinski definition) is 2. The second-order valence-electron chi connectivity index (χ2n) is 6.06. The molecular weight excluding hydrogens is 362 g/mol. The average Bonchev–Trinajstić information content (AvgIpc) is 2.68. The van der Waals surface area contributed by atoms with Crippen LogP contribution in [0.15, 0.2) is 72.8 Å². The Hall–Kier alpha value is -3.11. The van der Waals surface area contributed by atoms with Gasteiger partial charge in [-0.05, 0) is 41.8 Å². The first kappa shape index (κ1) is 18.7. The molecule has 3 rings (SSSR count). The van der Waals surface area contributed by atoms with Gasteiger partial charge < -0.3 is 10.4 Å². The number of carboxylic acids is 1. The molecule has 0 saturated heterocycles. The topological polar surface area (TPSA) is 66.4 Å². The third-order valence-corrected chi connectivity index (χ3v) is 4.44. The highest BCUT2D eigenvalue weighted by Gasteiger charge is 2.15. The van der Waals surface area contributed by atoms with Crippen molar-refractivity contribution in [2.24, 2.45) is 0 Å². The van der Waals surface area contributed by atoms with Gasteiger partial charge in [0.25, 0.3) is 5.91 Å². The first-order valence-electron chi connectivity index (χ1n) is 8.50. The van der Waals surface area contributed by atoms with Crippen molar-refractivity contribution in [2.75, 3.05) is 5.32 Å². The number of carbonyl (C=O) groups excluding carboxylic acids is 1. The fourth-order valence-electron chi connectivity index (χ4n) is 2.84. The number of carboxylic acid groups (broad SMARTS) is 1. The molecule has 0 bridgehead atoms. The highest BCUT2D eigenvalue weighted by Crippen LogP contribution is 2.32. The number of para-hydroxylation sites is 1.